The van der Waals surface area contributed by atoms with Gasteiger partial charge in [0.05, 0.1) is 12.2 Å². The third-order valence-electron chi connectivity index (χ3n) is 2.12. The minimum atomic E-state index is -1.14. The molecule has 1 N–H and O–H groups in total. The summed E-state index contributed by atoms with van der Waals surface area (Å²) in [5.41, 5.74) is 8.36. The first kappa shape index (κ1) is 14.3. The molecular formula is C12H11N3O4. The summed E-state index contributed by atoms with van der Waals surface area (Å²) in [5, 5.41) is 12.2. The highest BCUT2D eigenvalue weighted by Crippen LogP contribution is 2.15. The SMILES string of the molecule is CCOC(=O)/C(=C/c1ccccc1C(=O)O)N=[N+]=[N-]. The minimum Gasteiger partial charge on any atom is -0.478 e. The van der Waals surface area contributed by atoms with Crippen LogP contribution < -0.4 is 0 Å². The number of carbonyl (C=O) groups excluding carboxylic acids is 1. The lowest BCUT2D eigenvalue weighted by Crippen LogP contribution is -2.06. The maximum Gasteiger partial charge on any atom is 0.340 e. The van der Waals surface area contributed by atoms with E-state index in [9.17, 15) is 9.59 Å². The third-order valence-corrected chi connectivity index (χ3v) is 2.12. The molecule has 0 aliphatic carbocycles. The summed E-state index contributed by atoms with van der Waals surface area (Å²) in [6.45, 7) is 1.73. The van der Waals surface area contributed by atoms with Gasteiger partial charge in [0.2, 0.25) is 0 Å². The molecule has 0 saturated heterocycles. The summed E-state index contributed by atoms with van der Waals surface area (Å²) in [4.78, 5) is 25.0. The number of azide groups is 1. The van der Waals surface area contributed by atoms with E-state index in [0.29, 0.717) is 0 Å². The number of carbonyl (C=O) groups is 2. The molecule has 0 aliphatic rings. The smallest absolute Gasteiger partial charge is 0.340 e. The first-order valence-electron chi connectivity index (χ1n) is 5.36. The Morgan fingerprint density at radius 2 is 2.16 bits per heavy atom. The number of ether oxygens (including phenoxy) is 1. The van der Waals surface area contributed by atoms with Gasteiger partial charge >= 0.3 is 11.9 Å². The van der Waals surface area contributed by atoms with Crippen LogP contribution in [0.25, 0.3) is 16.5 Å². The number of esters is 1. The minimum absolute atomic E-state index is 0.00237. The van der Waals surface area contributed by atoms with Crippen molar-refractivity contribution in [2.45, 2.75) is 6.92 Å². The number of hydrogen-bond donors (Lipinski definition) is 1. The van der Waals surface area contributed by atoms with Gasteiger partial charge in [-0.05, 0) is 30.2 Å². The molecule has 0 heterocycles. The molecule has 1 aromatic carbocycles. The van der Waals surface area contributed by atoms with Crippen molar-refractivity contribution in [3.8, 4) is 0 Å². The van der Waals surface area contributed by atoms with Gasteiger partial charge in [-0.3, -0.25) is 0 Å². The summed E-state index contributed by atoms with van der Waals surface area (Å²) in [6.07, 6.45) is 1.18. The first-order chi connectivity index (χ1) is 9.10. The fourth-order valence-corrected chi connectivity index (χ4v) is 1.35. The molecule has 98 valence electrons. The normalized spacial score (nSPS) is 10.5. The molecule has 0 radical (unpaired) electrons. The molecule has 0 aliphatic heterocycles. The van der Waals surface area contributed by atoms with Crippen LogP contribution in [-0.4, -0.2) is 23.7 Å². The first-order valence-corrected chi connectivity index (χ1v) is 5.36. The van der Waals surface area contributed by atoms with E-state index in [1.54, 1.807) is 19.1 Å². The lowest BCUT2D eigenvalue weighted by atomic mass is 10.1. The monoisotopic (exact) mass is 261 g/mol. The maximum absolute atomic E-state index is 11.5. The molecule has 19 heavy (non-hydrogen) atoms. The summed E-state index contributed by atoms with van der Waals surface area (Å²) in [5.74, 6) is -1.95. The van der Waals surface area contributed by atoms with Crippen molar-refractivity contribution in [2.24, 2.45) is 5.11 Å². The number of rotatable bonds is 5. The van der Waals surface area contributed by atoms with Gasteiger partial charge < -0.3 is 9.84 Å². The van der Waals surface area contributed by atoms with Crippen LogP contribution in [0.2, 0.25) is 0 Å². The Morgan fingerprint density at radius 3 is 2.74 bits per heavy atom. The van der Waals surface area contributed by atoms with Gasteiger partial charge in [0, 0.05) is 4.91 Å². The van der Waals surface area contributed by atoms with Gasteiger partial charge in [-0.15, -0.1) is 0 Å². The summed E-state index contributed by atoms with van der Waals surface area (Å²) < 4.78 is 4.71. The van der Waals surface area contributed by atoms with E-state index < -0.39 is 11.9 Å². The predicted molar refractivity (Wildman–Crippen MR) is 67.2 cm³/mol. The quantitative estimate of drug-likeness (QED) is 0.288. The fraction of sp³-hybridized carbons (Fsp3) is 0.167. The number of aromatic carboxylic acids is 1. The number of nitrogens with zero attached hydrogens (tertiary/aromatic N) is 3. The molecule has 0 unspecified atom stereocenters. The second-order valence-corrected chi connectivity index (χ2v) is 3.33. The molecule has 7 nitrogen and oxygen atoms in total. The molecule has 0 aromatic heterocycles. The summed E-state index contributed by atoms with van der Waals surface area (Å²) >= 11 is 0. The molecule has 1 rings (SSSR count). The highest BCUT2D eigenvalue weighted by atomic mass is 16.5. The highest BCUT2D eigenvalue weighted by molar-refractivity contribution is 5.97. The van der Waals surface area contributed by atoms with Crippen LogP contribution in [-0.2, 0) is 9.53 Å². The van der Waals surface area contributed by atoms with Crippen LogP contribution in [0.15, 0.2) is 35.1 Å². The molecule has 0 saturated carbocycles. The van der Waals surface area contributed by atoms with Crippen LogP contribution in [0.1, 0.15) is 22.8 Å². The van der Waals surface area contributed by atoms with Gasteiger partial charge in [0.15, 0.2) is 0 Å². The standard InChI is InChI=1S/C12H11N3O4/c1-2-19-12(18)10(14-15-13)7-8-5-3-4-6-9(8)11(16)17/h3-7H,2H2,1H3,(H,16,17)/b10-7-. The van der Waals surface area contributed by atoms with Crippen molar-refractivity contribution in [3.05, 3.63) is 51.5 Å². The zero-order chi connectivity index (χ0) is 14.3. The topological polar surface area (TPSA) is 112 Å². The Bertz CT molecular complexity index is 574. The molecule has 0 spiro atoms. The molecular weight excluding hydrogens is 250 g/mol. The van der Waals surface area contributed by atoms with Crippen molar-refractivity contribution in [2.75, 3.05) is 6.61 Å². The van der Waals surface area contributed by atoms with Crippen molar-refractivity contribution in [3.63, 3.8) is 0 Å². The molecule has 0 amide bonds. The lowest BCUT2D eigenvalue weighted by molar-refractivity contribution is -0.138. The van der Waals surface area contributed by atoms with Gasteiger partial charge in [0.25, 0.3) is 0 Å². The predicted octanol–water partition coefficient (Wildman–Crippen LogP) is 2.60. The number of hydrogen-bond acceptors (Lipinski definition) is 4. The Labute approximate surface area is 108 Å². The Morgan fingerprint density at radius 1 is 1.47 bits per heavy atom. The third kappa shape index (κ3) is 3.86. The Hall–Kier alpha value is -2.79. The van der Waals surface area contributed by atoms with E-state index in [1.807, 2.05) is 0 Å². The molecule has 0 atom stereocenters. The van der Waals surface area contributed by atoms with Crippen molar-refractivity contribution >= 4 is 18.0 Å². The molecule has 1 aromatic rings. The van der Waals surface area contributed by atoms with Crippen molar-refractivity contribution < 1.29 is 19.4 Å². The zero-order valence-corrected chi connectivity index (χ0v) is 10.1. The second kappa shape index (κ2) is 6.83. The van der Waals surface area contributed by atoms with E-state index in [-0.39, 0.29) is 23.4 Å². The maximum atomic E-state index is 11.5. The largest absolute Gasteiger partial charge is 0.478 e. The van der Waals surface area contributed by atoms with Gasteiger partial charge in [0.1, 0.15) is 5.70 Å². The van der Waals surface area contributed by atoms with Gasteiger partial charge in [-0.1, -0.05) is 23.3 Å². The Kier molecular flexibility index (Phi) is 5.13. The number of benzene rings is 1. The summed E-state index contributed by atoms with van der Waals surface area (Å²) in [7, 11) is 0. The Balaban J connectivity index is 3.26. The van der Waals surface area contributed by atoms with Crippen LogP contribution in [0, 0.1) is 0 Å². The van der Waals surface area contributed by atoms with Crippen LogP contribution in [0.5, 0.6) is 0 Å². The van der Waals surface area contributed by atoms with Crippen LogP contribution in [0.3, 0.4) is 0 Å². The average Bonchev–Trinajstić information content (AvgIpc) is 2.39. The van der Waals surface area contributed by atoms with Crippen LogP contribution in [0.4, 0.5) is 0 Å². The van der Waals surface area contributed by atoms with E-state index in [4.69, 9.17) is 15.4 Å². The van der Waals surface area contributed by atoms with E-state index in [0.717, 1.165) is 0 Å². The zero-order valence-electron chi connectivity index (χ0n) is 10.1. The molecule has 7 heteroatoms. The highest BCUT2D eigenvalue weighted by Gasteiger charge is 2.12. The average molecular weight is 261 g/mol. The molecule has 0 fully saturated rings. The number of carboxylic acid groups (broad SMARTS) is 1. The fourth-order valence-electron chi connectivity index (χ4n) is 1.35. The van der Waals surface area contributed by atoms with E-state index in [2.05, 4.69) is 10.0 Å². The van der Waals surface area contributed by atoms with E-state index in [1.165, 1.54) is 18.2 Å². The molecule has 0 bridgehead atoms. The van der Waals surface area contributed by atoms with Gasteiger partial charge in [-0.2, -0.15) is 0 Å². The summed E-state index contributed by atoms with van der Waals surface area (Å²) in [6, 6.07) is 6.04. The van der Waals surface area contributed by atoms with E-state index >= 15 is 0 Å². The lowest BCUT2D eigenvalue weighted by Gasteiger charge is -2.03. The van der Waals surface area contributed by atoms with Gasteiger partial charge in [-0.25, -0.2) is 9.59 Å². The number of carboxylic acids is 1. The van der Waals surface area contributed by atoms with Crippen molar-refractivity contribution in [1.82, 2.24) is 0 Å². The second-order valence-electron chi connectivity index (χ2n) is 3.33. The van der Waals surface area contributed by atoms with Crippen LogP contribution >= 0.6 is 0 Å². The van der Waals surface area contributed by atoms with Crippen molar-refractivity contribution in [1.29, 1.82) is 0 Å².